The molecule has 16 heavy (non-hydrogen) atoms. The van der Waals surface area contributed by atoms with Crippen LogP contribution in [0, 0.1) is 6.92 Å². The molecule has 2 nitrogen and oxygen atoms in total. The number of ether oxygens (including phenoxy) is 2. The van der Waals surface area contributed by atoms with Crippen LogP contribution >= 0.6 is 0 Å². The van der Waals surface area contributed by atoms with E-state index in [1.807, 2.05) is 0 Å². The fourth-order valence-corrected chi connectivity index (χ4v) is 2.02. The van der Waals surface area contributed by atoms with Crippen LogP contribution < -0.4 is 0 Å². The predicted octanol–water partition coefficient (Wildman–Crippen LogP) is 3.25. The first-order valence-corrected chi connectivity index (χ1v) is 6.05. The molecule has 1 aromatic rings. The summed E-state index contributed by atoms with van der Waals surface area (Å²) in [6.07, 6.45) is 2.15. The zero-order valence-electron chi connectivity index (χ0n) is 10.1. The van der Waals surface area contributed by atoms with Crippen molar-refractivity contribution in [1.82, 2.24) is 0 Å². The topological polar surface area (TPSA) is 18.5 Å². The van der Waals surface area contributed by atoms with E-state index >= 15 is 0 Å². The van der Waals surface area contributed by atoms with Gasteiger partial charge in [-0.3, -0.25) is 0 Å². The van der Waals surface area contributed by atoms with E-state index in [0.717, 1.165) is 26.1 Å². The van der Waals surface area contributed by atoms with Crippen LogP contribution in [-0.2, 0) is 9.47 Å². The van der Waals surface area contributed by atoms with Crippen molar-refractivity contribution in [3.8, 4) is 0 Å². The Morgan fingerprint density at radius 1 is 1.19 bits per heavy atom. The summed E-state index contributed by atoms with van der Waals surface area (Å²) in [6.45, 7) is 5.89. The Morgan fingerprint density at radius 2 is 1.81 bits per heavy atom. The maximum absolute atomic E-state index is 5.44. The number of hydrogen-bond donors (Lipinski definition) is 0. The fourth-order valence-electron chi connectivity index (χ4n) is 2.02. The van der Waals surface area contributed by atoms with Gasteiger partial charge in [0.1, 0.15) is 0 Å². The summed E-state index contributed by atoms with van der Waals surface area (Å²) in [5.41, 5.74) is 2.72. The summed E-state index contributed by atoms with van der Waals surface area (Å²) in [7, 11) is 0. The van der Waals surface area contributed by atoms with E-state index in [-0.39, 0.29) is 6.29 Å². The largest absolute Gasteiger partial charge is 0.350 e. The van der Waals surface area contributed by atoms with Gasteiger partial charge in [-0.1, -0.05) is 36.8 Å². The van der Waals surface area contributed by atoms with Gasteiger partial charge in [-0.15, -0.1) is 0 Å². The molecule has 0 N–H and O–H groups in total. The Kier molecular flexibility index (Phi) is 3.97. The molecule has 0 aromatic heterocycles. The molecule has 1 saturated heterocycles. The Bertz CT molecular complexity index is 312. The molecule has 0 bridgehead atoms. The molecule has 1 unspecified atom stereocenters. The molecule has 1 atom stereocenters. The number of rotatable bonds is 4. The van der Waals surface area contributed by atoms with Gasteiger partial charge < -0.3 is 9.47 Å². The Labute approximate surface area is 97.6 Å². The molecular formula is C14H20O2. The van der Waals surface area contributed by atoms with Crippen LogP contribution in [-0.4, -0.2) is 19.5 Å². The van der Waals surface area contributed by atoms with E-state index in [0.29, 0.717) is 5.92 Å². The van der Waals surface area contributed by atoms with E-state index in [9.17, 15) is 0 Å². The highest BCUT2D eigenvalue weighted by molar-refractivity contribution is 5.23. The Hall–Kier alpha value is -0.860. The molecule has 0 amide bonds. The lowest BCUT2D eigenvalue weighted by Gasteiger charge is -2.14. The second kappa shape index (κ2) is 5.46. The summed E-state index contributed by atoms with van der Waals surface area (Å²) < 4.78 is 10.9. The number of hydrogen-bond acceptors (Lipinski definition) is 2. The predicted molar refractivity (Wildman–Crippen MR) is 64.5 cm³/mol. The zero-order chi connectivity index (χ0) is 11.4. The van der Waals surface area contributed by atoms with Gasteiger partial charge in [-0.05, 0) is 31.2 Å². The van der Waals surface area contributed by atoms with Crippen LogP contribution in [0.2, 0.25) is 0 Å². The molecule has 1 aliphatic heterocycles. The fraction of sp³-hybridized carbons (Fsp3) is 0.571. The van der Waals surface area contributed by atoms with Gasteiger partial charge >= 0.3 is 0 Å². The molecule has 88 valence electrons. The Morgan fingerprint density at radius 3 is 2.44 bits per heavy atom. The van der Waals surface area contributed by atoms with Crippen molar-refractivity contribution in [2.75, 3.05) is 13.2 Å². The third-order valence-corrected chi connectivity index (χ3v) is 3.17. The van der Waals surface area contributed by atoms with Gasteiger partial charge in [0, 0.05) is 0 Å². The van der Waals surface area contributed by atoms with E-state index in [1.54, 1.807) is 0 Å². The molecule has 1 aromatic carbocycles. The summed E-state index contributed by atoms with van der Waals surface area (Å²) in [5, 5.41) is 0. The zero-order valence-corrected chi connectivity index (χ0v) is 10.1. The van der Waals surface area contributed by atoms with E-state index in [4.69, 9.17) is 9.47 Å². The van der Waals surface area contributed by atoms with Gasteiger partial charge in [-0.25, -0.2) is 0 Å². The van der Waals surface area contributed by atoms with Gasteiger partial charge in [0.15, 0.2) is 6.29 Å². The van der Waals surface area contributed by atoms with Crippen LogP contribution in [0.15, 0.2) is 24.3 Å². The smallest absolute Gasteiger partial charge is 0.157 e. The third-order valence-electron chi connectivity index (χ3n) is 3.17. The van der Waals surface area contributed by atoms with Crippen molar-refractivity contribution < 1.29 is 9.47 Å². The molecule has 1 fully saturated rings. The lowest BCUT2D eigenvalue weighted by atomic mass is 9.95. The second-order valence-corrected chi connectivity index (χ2v) is 4.56. The van der Waals surface area contributed by atoms with Gasteiger partial charge in [-0.2, -0.15) is 0 Å². The van der Waals surface area contributed by atoms with Crippen molar-refractivity contribution in [3.63, 3.8) is 0 Å². The van der Waals surface area contributed by atoms with Crippen LogP contribution in [0.5, 0.6) is 0 Å². The molecule has 2 rings (SSSR count). The van der Waals surface area contributed by atoms with Gasteiger partial charge in [0.2, 0.25) is 0 Å². The number of aryl methyl sites for hydroxylation is 1. The van der Waals surface area contributed by atoms with Crippen molar-refractivity contribution in [1.29, 1.82) is 0 Å². The quantitative estimate of drug-likeness (QED) is 0.775. The molecule has 0 saturated carbocycles. The maximum atomic E-state index is 5.44. The molecular weight excluding hydrogens is 200 g/mol. The second-order valence-electron chi connectivity index (χ2n) is 4.56. The summed E-state index contributed by atoms with van der Waals surface area (Å²) in [4.78, 5) is 0. The van der Waals surface area contributed by atoms with Crippen molar-refractivity contribution in [2.45, 2.75) is 38.9 Å². The molecule has 0 spiro atoms. The lowest BCUT2D eigenvalue weighted by Crippen LogP contribution is -2.08. The van der Waals surface area contributed by atoms with Crippen molar-refractivity contribution in [3.05, 3.63) is 35.4 Å². The molecule has 1 heterocycles. The van der Waals surface area contributed by atoms with Crippen LogP contribution in [0.4, 0.5) is 0 Å². The first-order valence-electron chi connectivity index (χ1n) is 6.05. The van der Waals surface area contributed by atoms with Crippen molar-refractivity contribution >= 4 is 0 Å². The van der Waals surface area contributed by atoms with E-state index in [1.165, 1.54) is 11.1 Å². The molecule has 0 aliphatic carbocycles. The van der Waals surface area contributed by atoms with E-state index < -0.39 is 0 Å². The summed E-state index contributed by atoms with van der Waals surface area (Å²) >= 11 is 0. The van der Waals surface area contributed by atoms with Gasteiger partial charge in [0.25, 0.3) is 0 Å². The highest BCUT2D eigenvalue weighted by atomic mass is 16.7. The van der Waals surface area contributed by atoms with Gasteiger partial charge in [0.05, 0.1) is 13.2 Å². The minimum Gasteiger partial charge on any atom is -0.350 e. The lowest BCUT2D eigenvalue weighted by molar-refractivity contribution is -0.0485. The summed E-state index contributed by atoms with van der Waals surface area (Å²) in [6, 6.07) is 8.79. The van der Waals surface area contributed by atoms with Crippen LogP contribution in [0.25, 0.3) is 0 Å². The first-order chi connectivity index (χ1) is 7.75. The minimum atomic E-state index is 0.0351. The standard InChI is InChI=1S/C14H20O2/c1-11-3-6-13(7-4-11)12(2)5-8-14-15-9-10-16-14/h3-4,6-7,12,14H,5,8-10H2,1-2H3. The molecule has 2 heteroatoms. The highest BCUT2D eigenvalue weighted by Gasteiger charge is 2.17. The van der Waals surface area contributed by atoms with Crippen molar-refractivity contribution in [2.24, 2.45) is 0 Å². The molecule has 1 aliphatic rings. The minimum absolute atomic E-state index is 0.0351. The number of benzene rings is 1. The maximum Gasteiger partial charge on any atom is 0.157 e. The molecule has 0 radical (unpaired) electrons. The SMILES string of the molecule is Cc1ccc(C(C)CCC2OCCO2)cc1. The highest BCUT2D eigenvalue weighted by Crippen LogP contribution is 2.23. The first kappa shape index (κ1) is 11.6. The normalized spacial score (nSPS) is 18.9. The average molecular weight is 220 g/mol. The van der Waals surface area contributed by atoms with Crippen LogP contribution in [0.1, 0.15) is 36.8 Å². The average Bonchev–Trinajstić information content (AvgIpc) is 2.80. The Balaban J connectivity index is 1.82. The third kappa shape index (κ3) is 3.06. The monoisotopic (exact) mass is 220 g/mol. The van der Waals surface area contributed by atoms with E-state index in [2.05, 4.69) is 38.1 Å². The summed E-state index contributed by atoms with van der Waals surface area (Å²) in [5.74, 6) is 0.577. The van der Waals surface area contributed by atoms with Crippen LogP contribution in [0.3, 0.4) is 0 Å².